The van der Waals surface area contributed by atoms with Gasteiger partial charge in [-0.05, 0) is 53.0 Å². The number of aryl methyl sites for hydroxylation is 2. The van der Waals surface area contributed by atoms with Gasteiger partial charge < -0.3 is 5.11 Å². The van der Waals surface area contributed by atoms with Crippen LogP contribution in [0.5, 0.6) is 0 Å². The lowest BCUT2D eigenvalue weighted by molar-refractivity contribution is 0.182. The van der Waals surface area contributed by atoms with Crippen molar-refractivity contribution < 1.29 is 5.11 Å². The predicted octanol–water partition coefficient (Wildman–Crippen LogP) is 5.06. The van der Waals surface area contributed by atoms with Crippen LogP contribution in [0.3, 0.4) is 0 Å². The van der Waals surface area contributed by atoms with Crippen LogP contribution in [0, 0.1) is 13.8 Å². The first kappa shape index (κ1) is 14.1. The molecule has 1 aromatic heterocycles. The van der Waals surface area contributed by atoms with E-state index >= 15 is 0 Å². The van der Waals surface area contributed by atoms with Crippen LogP contribution < -0.4 is 0 Å². The van der Waals surface area contributed by atoms with E-state index in [0.29, 0.717) is 6.42 Å². The molecule has 0 aliphatic rings. The van der Waals surface area contributed by atoms with Gasteiger partial charge in [0, 0.05) is 25.7 Å². The normalized spacial score (nSPS) is 12.7. The zero-order chi connectivity index (χ0) is 13.3. The van der Waals surface area contributed by atoms with Crippen molar-refractivity contribution in [2.45, 2.75) is 26.4 Å². The van der Waals surface area contributed by atoms with Crippen LogP contribution in [-0.4, -0.2) is 5.11 Å². The van der Waals surface area contributed by atoms with E-state index in [4.69, 9.17) is 11.6 Å². The van der Waals surface area contributed by atoms with E-state index in [1.54, 1.807) is 11.3 Å². The number of hydrogen-bond acceptors (Lipinski definition) is 2. The maximum atomic E-state index is 10.2. The van der Waals surface area contributed by atoms with Crippen LogP contribution in [0.25, 0.3) is 0 Å². The summed E-state index contributed by atoms with van der Waals surface area (Å²) < 4.78 is 1.05. The highest BCUT2D eigenvalue weighted by Gasteiger charge is 2.14. The van der Waals surface area contributed by atoms with Gasteiger partial charge in [0.1, 0.15) is 0 Å². The van der Waals surface area contributed by atoms with Crippen LogP contribution in [0.1, 0.15) is 27.0 Å². The first-order chi connectivity index (χ1) is 8.47. The van der Waals surface area contributed by atoms with Gasteiger partial charge in [0.2, 0.25) is 0 Å². The Morgan fingerprint density at radius 3 is 2.61 bits per heavy atom. The molecular weight excluding hydrogens is 332 g/mol. The SMILES string of the molecule is Cc1ccc(CC(O)c2cc(Br)c(C)s2)c(Cl)c1. The van der Waals surface area contributed by atoms with E-state index < -0.39 is 6.10 Å². The van der Waals surface area contributed by atoms with Crippen molar-refractivity contribution in [3.63, 3.8) is 0 Å². The summed E-state index contributed by atoms with van der Waals surface area (Å²) in [6, 6.07) is 7.91. The largest absolute Gasteiger partial charge is 0.387 e. The van der Waals surface area contributed by atoms with E-state index in [1.807, 2.05) is 38.1 Å². The van der Waals surface area contributed by atoms with Crippen molar-refractivity contribution in [1.82, 2.24) is 0 Å². The van der Waals surface area contributed by atoms with Crippen molar-refractivity contribution >= 4 is 38.9 Å². The van der Waals surface area contributed by atoms with E-state index in [0.717, 1.165) is 25.5 Å². The van der Waals surface area contributed by atoms with E-state index in [1.165, 1.54) is 4.88 Å². The third kappa shape index (κ3) is 3.15. The lowest BCUT2D eigenvalue weighted by atomic mass is 10.1. The molecule has 1 aromatic carbocycles. The van der Waals surface area contributed by atoms with Gasteiger partial charge in [-0.3, -0.25) is 0 Å². The fourth-order valence-corrected chi connectivity index (χ4v) is 3.63. The molecule has 0 saturated heterocycles. The monoisotopic (exact) mass is 344 g/mol. The fourth-order valence-electron chi connectivity index (χ4n) is 1.77. The first-order valence-electron chi connectivity index (χ1n) is 5.66. The Bertz CT molecular complexity index is 545. The Labute approximate surface area is 125 Å². The summed E-state index contributed by atoms with van der Waals surface area (Å²) in [5.41, 5.74) is 2.12. The number of rotatable bonds is 3. The standard InChI is InChI=1S/C14H14BrClOS/c1-8-3-4-10(12(16)5-8)6-13(17)14-7-11(15)9(2)18-14/h3-5,7,13,17H,6H2,1-2H3. The number of aliphatic hydroxyl groups is 1. The molecule has 4 heteroatoms. The summed E-state index contributed by atoms with van der Waals surface area (Å²) in [7, 11) is 0. The maximum Gasteiger partial charge on any atom is 0.0923 e. The van der Waals surface area contributed by atoms with Gasteiger partial charge in [-0.25, -0.2) is 0 Å². The first-order valence-corrected chi connectivity index (χ1v) is 7.65. The molecule has 1 nitrogen and oxygen atoms in total. The summed E-state index contributed by atoms with van der Waals surface area (Å²) in [5.74, 6) is 0. The molecule has 1 N–H and O–H groups in total. The van der Waals surface area contributed by atoms with Crippen molar-refractivity contribution in [2.75, 3.05) is 0 Å². The highest BCUT2D eigenvalue weighted by atomic mass is 79.9. The molecule has 0 fully saturated rings. The highest BCUT2D eigenvalue weighted by molar-refractivity contribution is 9.10. The van der Waals surface area contributed by atoms with Crippen LogP contribution in [-0.2, 0) is 6.42 Å². The van der Waals surface area contributed by atoms with E-state index in [9.17, 15) is 5.11 Å². The van der Waals surface area contributed by atoms with Gasteiger partial charge >= 0.3 is 0 Å². The molecule has 96 valence electrons. The average Bonchev–Trinajstić information content (AvgIpc) is 2.63. The number of halogens is 2. The zero-order valence-electron chi connectivity index (χ0n) is 10.2. The van der Waals surface area contributed by atoms with Gasteiger partial charge in [-0.15, -0.1) is 11.3 Å². The Morgan fingerprint density at radius 2 is 2.06 bits per heavy atom. The molecule has 0 radical (unpaired) electrons. The van der Waals surface area contributed by atoms with E-state index in [-0.39, 0.29) is 0 Å². The van der Waals surface area contributed by atoms with Crippen molar-refractivity contribution in [3.05, 3.63) is 54.6 Å². The molecule has 18 heavy (non-hydrogen) atoms. The second kappa shape index (κ2) is 5.74. The van der Waals surface area contributed by atoms with Gasteiger partial charge in [-0.2, -0.15) is 0 Å². The molecule has 0 spiro atoms. The predicted molar refractivity (Wildman–Crippen MR) is 81.6 cm³/mol. The molecule has 0 amide bonds. The minimum atomic E-state index is -0.500. The molecule has 0 bridgehead atoms. The molecule has 2 aromatic rings. The summed E-state index contributed by atoms with van der Waals surface area (Å²) >= 11 is 11.3. The van der Waals surface area contributed by atoms with Gasteiger partial charge in [0.05, 0.1) is 6.10 Å². The fraction of sp³-hybridized carbons (Fsp3) is 0.286. The molecule has 0 aliphatic carbocycles. The van der Waals surface area contributed by atoms with Crippen LogP contribution >= 0.6 is 38.9 Å². The zero-order valence-corrected chi connectivity index (χ0v) is 13.4. The third-order valence-corrected chi connectivity index (χ3v) is 5.42. The van der Waals surface area contributed by atoms with Crippen molar-refractivity contribution in [3.8, 4) is 0 Å². The molecular formula is C14H14BrClOS. The summed E-state index contributed by atoms with van der Waals surface area (Å²) in [4.78, 5) is 2.15. The molecule has 1 atom stereocenters. The van der Waals surface area contributed by atoms with Crippen molar-refractivity contribution in [2.24, 2.45) is 0 Å². The second-order valence-corrected chi connectivity index (χ2v) is 6.92. The van der Waals surface area contributed by atoms with Gasteiger partial charge in [-0.1, -0.05) is 23.7 Å². The number of benzene rings is 1. The van der Waals surface area contributed by atoms with Crippen LogP contribution in [0.2, 0.25) is 5.02 Å². The summed E-state index contributed by atoms with van der Waals surface area (Å²) in [5, 5.41) is 11.0. The highest BCUT2D eigenvalue weighted by Crippen LogP contribution is 2.33. The maximum absolute atomic E-state index is 10.2. The topological polar surface area (TPSA) is 20.2 Å². The summed E-state index contributed by atoms with van der Waals surface area (Å²) in [6.07, 6.45) is 0.0473. The average molecular weight is 346 g/mol. The van der Waals surface area contributed by atoms with Crippen LogP contribution in [0.15, 0.2) is 28.7 Å². The minimum absolute atomic E-state index is 0.500. The summed E-state index contributed by atoms with van der Waals surface area (Å²) in [6.45, 7) is 4.04. The second-order valence-electron chi connectivity index (χ2n) is 4.37. The lowest BCUT2D eigenvalue weighted by Gasteiger charge is -2.10. The molecule has 0 aliphatic heterocycles. The Morgan fingerprint density at radius 1 is 1.33 bits per heavy atom. The third-order valence-electron chi connectivity index (χ3n) is 2.83. The van der Waals surface area contributed by atoms with Crippen LogP contribution in [0.4, 0.5) is 0 Å². The lowest BCUT2D eigenvalue weighted by Crippen LogP contribution is -2.00. The van der Waals surface area contributed by atoms with E-state index in [2.05, 4.69) is 15.9 Å². The Hall–Kier alpha value is -0.350. The molecule has 2 rings (SSSR count). The molecule has 1 unspecified atom stereocenters. The quantitative estimate of drug-likeness (QED) is 0.824. The minimum Gasteiger partial charge on any atom is -0.387 e. The number of thiophene rings is 1. The van der Waals surface area contributed by atoms with Gasteiger partial charge in [0.25, 0.3) is 0 Å². The number of aliphatic hydroxyl groups excluding tert-OH is 1. The molecule has 0 saturated carbocycles. The van der Waals surface area contributed by atoms with Crippen molar-refractivity contribution in [1.29, 1.82) is 0 Å². The smallest absolute Gasteiger partial charge is 0.0923 e. The molecule has 1 heterocycles. The Balaban J connectivity index is 2.18. The Kier molecular flexibility index (Phi) is 4.49. The van der Waals surface area contributed by atoms with Gasteiger partial charge in [0.15, 0.2) is 0 Å². The number of hydrogen-bond donors (Lipinski definition) is 1.